The molecular weight excluding hydrogens is 432 g/mol. The standard InChI is InChI=1S/C20H25ClN2O4S2/c1-23(2)15(14-5-4-10-28-14)12-6-8-20(9-7-12,19(22)25)27-18(24)13-11-29-17(21)16(13)26-3/h4-5,10-12,15H,6-9H2,1-3H3,(H2,22,25). The molecule has 2 heterocycles. The first-order valence-corrected chi connectivity index (χ1v) is 11.5. The summed E-state index contributed by atoms with van der Waals surface area (Å²) in [6.07, 6.45) is 2.26. The normalized spacial score (nSPS) is 23.0. The number of hydrogen-bond acceptors (Lipinski definition) is 7. The van der Waals surface area contributed by atoms with Crippen molar-refractivity contribution in [2.45, 2.75) is 37.3 Å². The number of primary amides is 1. The molecule has 1 saturated carbocycles. The molecule has 1 atom stereocenters. The van der Waals surface area contributed by atoms with E-state index in [9.17, 15) is 9.59 Å². The maximum Gasteiger partial charge on any atom is 0.343 e. The first kappa shape index (κ1) is 22.1. The van der Waals surface area contributed by atoms with Crippen molar-refractivity contribution in [1.82, 2.24) is 4.90 Å². The van der Waals surface area contributed by atoms with Crippen molar-refractivity contribution in [2.24, 2.45) is 11.7 Å². The van der Waals surface area contributed by atoms with E-state index in [1.54, 1.807) is 16.7 Å². The predicted molar refractivity (Wildman–Crippen MR) is 116 cm³/mol. The predicted octanol–water partition coefficient (Wildman–Crippen LogP) is 4.35. The van der Waals surface area contributed by atoms with Gasteiger partial charge in [-0.3, -0.25) is 4.79 Å². The molecule has 158 valence electrons. The molecule has 29 heavy (non-hydrogen) atoms. The van der Waals surface area contributed by atoms with Crippen LogP contribution in [0.1, 0.15) is 47.0 Å². The van der Waals surface area contributed by atoms with Gasteiger partial charge in [-0.15, -0.1) is 22.7 Å². The molecule has 1 unspecified atom stereocenters. The van der Waals surface area contributed by atoms with Crippen LogP contribution in [-0.4, -0.2) is 43.6 Å². The molecule has 0 saturated heterocycles. The lowest BCUT2D eigenvalue weighted by Gasteiger charge is -2.41. The lowest BCUT2D eigenvalue weighted by Crippen LogP contribution is -2.51. The van der Waals surface area contributed by atoms with Crippen molar-refractivity contribution in [2.75, 3.05) is 21.2 Å². The van der Waals surface area contributed by atoms with Crippen LogP contribution in [-0.2, 0) is 9.53 Å². The van der Waals surface area contributed by atoms with Gasteiger partial charge in [-0.05, 0) is 57.1 Å². The maximum absolute atomic E-state index is 12.8. The molecule has 2 aromatic rings. The number of rotatable bonds is 7. The van der Waals surface area contributed by atoms with Gasteiger partial charge in [0.15, 0.2) is 11.4 Å². The Labute approximate surface area is 183 Å². The molecule has 2 aromatic heterocycles. The van der Waals surface area contributed by atoms with Gasteiger partial charge in [0.25, 0.3) is 5.91 Å². The van der Waals surface area contributed by atoms with Gasteiger partial charge in [-0.1, -0.05) is 17.7 Å². The summed E-state index contributed by atoms with van der Waals surface area (Å²) in [7, 11) is 5.56. The van der Waals surface area contributed by atoms with E-state index in [1.165, 1.54) is 23.3 Å². The quantitative estimate of drug-likeness (QED) is 0.626. The number of thiophene rings is 2. The summed E-state index contributed by atoms with van der Waals surface area (Å²) in [5.74, 6) is -0.632. The summed E-state index contributed by atoms with van der Waals surface area (Å²) in [6.45, 7) is 0. The van der Waals surface area contributed by atoms with Crippen molar-refractivity contribution in [3.63, 3.8) is 0 Å². The minimum atomic E-state index is -1.31. The fraction of sp³-hybridized carbons (Fsp3) is 0.500. The average molecular weight is 457 g/mol. The third-order valence-corrected chi connectivity index (χ3v) is 7.67. The maximum atomic E-state index is 12.8. The highest BCUT2D eigenvalue weighted by Gasteiger charge is 2.46. The second-order valence-corrected chi connectivity index (χ2v) is 9.93. The molecule has 2 N–H and O–H groups in total. The Bertz CT molecular complexity index is 858. The third-order valence-electron chi connectivity index (χ3n) is 5.54. The fourth-order valence-corrected chi connectivity index (χ4v) is 6.13. The van der Waals surface area contributed by atoms with Crippen LogP contribution < -0.4 is 10.5 Å². The molecule has 6 nitrogen and oxygen atoms in total. The summed E-state index contributed by atoms with van der Waals surface area (Å²) >= 11 is 8.96. The van der Waals surface area contributed by atoms with Crippen LogP contribution in [0, 0.1) is 5.92 Å². The summed E-state index contributed by atoms with van der Waals surface area (Å²) in [5.41, 5.74) is 4.61. The van der Waals surface area contributed by atoms with Gasteiger partial charge in [0, 0.05) is 16.3 Å². The number of methoxy groups -OCH3 is 1. The van der Waals surface area contributed by atoms with Crippen LogP contribution in [0.4, 0.5) is 0 Å². The molecule has 0 spiro atoms. The first-order chi connectivity index (χ1) is 13.8. The highest BCUT2D eigenvalue weighted by atomic mass is 35.5. The van der Waals surface area contributed by atoms with Gasteiger partial charge in [0.2, 0.25) is 0 Å². The van der Waals surface area contributed by atoms with Crippen molar-refractivity contribution in [3.05, 3.63) is 37.7 Å². The van der Waals surface area contributed by atoms with Crippen molar-refractivity contribution in [1.29, 1.82) is 0 Å². The molecule has 1 fully saturated rings. The number of hydrogen-bond donors (Lipinski definition) is 1. The SMILES string of the molecule is COc1c(C(=O)OC2(C(N)=O)CCC(C(c3cccs3)N(C)C)CC2)csc1Cl. The lowest BCUT2D eigenvalue weighted by atomic mass is 9.74. The molecular formula is C20H25ClN2O4S2. The Kier molecular flexibility index (Phi) is 6.88. The van der Waals surface area contributed by atoms with Crippen molar-refractivity contribution >= 4 is 46.2 Å². The molecule has 3 rings (SSSR count). The summed E-state index contributed by atoms with van der Waals surface area (Å²) in [6, 6.07) is 4.44. The van der Waals surface area contributed by atoms with Gasteiger partial charge >= 0.3 is 5.97 Å². The third kappa shape index (κ3) is 4.45. The highest BCUT2D eigenvalue weighted by Crippen LogP contribution is 2.44. The van der Waals surface area contributed by atoms with Crippen LogP contribution in [0.15, 0.2) is 22.9 Å². The van der Waals surface area contributed by atoms with E-state index in [0.717, 1.165) is 12.8 Å². The monoisotopic (exact) mass is 456 g/mol. The van der Waals surface area contributed by atoms with Gasteiger partial charge in [0.05, 0.1) is 7.11 Å². The van der Waals surface area contributed by atoms with E-state index in [-0.39, 0.29) is 17.4 Å². The summed E-state index contributed by atoms with van der Waals surface area (Å²) in [5, 5.41) is 3.65. The van der Waals surface area contributed by atoms with E-state index in [2.05, 4.69) is 30.4 Å². The Morgan fingerprint density at radius 3 is 2.52 bits per heavy atom. The van der Waals surface area contributed by atoms with E-state index < -0.39 is 17.5 Å². The Hall–Kier alpha value is -1.61. The molecule has 0 bridgehead atoms. The molecule has 0 radical (unpaired) electrons. The second kappa shape index (κ2) is 9.04. The van der Waals surface area contributed by atoms with Gasteiger partial charge in [-0.25, -0.2) is 4.79 Å². The average Bonchev–Trinajstić information content (AvgIpc) is 3.32. The van der Waals surface area contributed by atoms with Gasteiger partial charge in [-0.2, -0.15) is 0 Å². The van der Waals surface area contributed by atoms with Crippen LogP contribution in [0.5, 0.6) is 5.75 Å². The minimum Gasteiger partial charge on any atom is -0.493 e. The van der Waals surface area contributed by atoms with Gasteiger partial charge in [0.1, 0.15) is 9.90 Å². The van der Waals surface area contributed by atoms with Crippen LogP contribution >= 0.6 is 34.3 Å². The number of nitrogens with zero attached hydrogens (tertiary/aromatic N) is 1. The zero-order chi connectivity index (χ0) is 21.2. The van der Waals surface area contributed by atoms with Crippen molar-refractivity contribution in [3.8, 4) is 5.75 Å². The van der Waals surface area contributed by atoms with E-state index in [1.807, 2.05) is 6.07 Å². The first-order valence-electron chi connectivity index (χ1n) is 9.33. The van der Waals surface area contributed by atoms with Gasteiger partial charge < -0.3 is 20.1 Å². The number of esters is 1. The van der Waals surface area contributed by atoms with Crippen molar-refractivity contribution < 1.29 is 19.1 Å². The Morgan fingerprint density at radius 1 is 1.31 bits per heavy atom. The second-order valence-electron chi connectivity index (χ2n) is 7.47. The molecule has 9 heteroatoms. The number of carbonyl (C=O) groups excluding carboxylic acids is 2. The Morgan fingerprint density at radius 2 is 2.00 bits per heavy atom. The zero-order valence-electron chi connectivity index (χ0n) is 16.6. The molecule has 0 aromatic carbocycles. The lowest BCUT2D eigenvalue weighted by molar-refractivity contribution is -0.142. The summed E-state index contributed by atoms with van der Waals surface area (Å²) < 4.78 is 11.3. The molecule has 0 aliphatic heterocycles. The van der Waals surface area contributed by atoms with Crippen LogP contribution in [0.25, 0.3) is 0 Å². The number of ether oxygens (including phenoxy) is 2. The molecule has 1 amide bonds. The van der Waals surface area contributed by atoms with E-state index in [0.29, 0.717) is 23.1 Å². The Balaban J connectivity index is 1.76. The largest absolute Gasteiger partial charge is 0.493 e. The zero-order valence-corrected chi connectivity index (χ0v) is 19.0. The van der Waals surface area contributed by atoms with Crippen LogP contribution in [0.3, 0.4) is 0 Å². The summed E-state index contributed by atoms with van der Waals surface area (Å²) in [4.78, 5) is 28.6. The molecule has 1 aliphatic rings. The van der Waals surface area contributed by atoms with E-state index >= 15 is 0 Å². The highest BCUT2D eigenvalue weighted by molar-refractivity contribution is 7.15. The van der Waals surface area contributed by atoms with Crippen LogP contribution in [0.2, 0.25) is 4.34 Å². The number of halogens is 1. The number of carbonyl (C=O) groups is 2. The molecule has 1 aliphatic carbocycles. The smallest absolute Gasteiger partial charge is 0.343 e. The topological polar surface area (TPSA) is 81.9 Å². The number of nitrogens with two attached hydrogens (primary N) is 1. The van der Waals surface area contributed by atoms with E-state index in [4.69, 9.17) is 26.8 Å². The number of amides is 1. The fourth-order valence-electron chi connectivity index (χ4n) is 4.08. The minimum absolute atomic E-state index is 0.218.